The molecule has 32 heavy (non-hydrogen) atoms. The number of carbonyl (C=O) groups excluding carboxylic acids is 3. The van der Waals surface area contributed by atoms with Crippen molar-refractivity contribution in [3.63, 3.8) is 0 Å². The van der Waals surface area contributed by atoms with Crippen molar-refractivity contribution in [2.75, 3.05) is 13.7 Å². The van der Waals surface area contributed by atoms with Crippen LogP contribution >= 0.6 is 0 Å². The van der Waals surface area contributed by atoms with Crippen LogP contribution in [0.4, 0.5) is 0 Å². The van der Waals surface area contributed by atoms with Gasteiger partial charge in [-0.05, 0) is 32.1 Å². The molecule has 9 heteroatoms. The first kappa shape index (κ1) is 25.0. The highest BCUT2D eigenvalue weighted by Crippen LogP contribution is 2.66. The average molecular weight is 455 g/mol. The average Bonchev–Trinajstić information content (AvgIpc) is 2.71. The number of Topliss-reactive ketones (excluding diaryl/α,β-unsaturated/α-hetero) is 2. The Hall–Kier alpha value is -1.65. The zero-order valence-electron chi connectivity index (χ0n) is 19.5. The lowest BCUT2D eigenvalue weighted by Gasteiger charge is -2.70. The Morgan fingerprint density at radius 3 is 2.31 bits per heavy atom. The molecule has 3 rings (SSSR count). The number of carbonyl (C=O) groups is 3. The third kappa shape index (κ3) is 2.84. The molecule has 1 aliphatic heterocycles. The van der Waals surface area contributed by atoms with Crippen molar-refractivity contribution in [1.82, 2.24) is 0 Å². The lowest BCUT2D eigenvalue weighted by molar-refractivity contribution is -0.363. The molecule has 8 atom stereocenters. The van der Waals surface area contributed by atoms with Crippen molar-refractivity contribution in [2.45, 2.75) is 82.6 Å². The normalized spacial score (nSPS) is 47.9. The number of methoxy groups -OCH3 is 1. The summed E-state index contributed by atoms with van der Waals surface area (Å²) < 4.78 is 16.4. The van der Waals surface area contributed by atoms with Crippen LogP contribution in [0, 0.1) is 16.7 Å². The number of hydrogen-bond donors (Lipinski definition) is 3. The molecule has 0 amide bonds. The van der Waals surface area contributed by atoms with Gasteiger partial charge in [-0.15, -0.1) is 0 Å². The molecule has 3 fully saturated rings. The molecule has 3 N–H and O–H groups in total. The van der Waals surface area contributed by atoms with Gasteiger partial charge in [0.2, 0.25) is 11.6 Å². The highest BCUT2D eigenvalue weighted by molar-refractivity contribution is 6.44. The van der Waals surface area contributed by atoms with Crippen molar-refractivity contribution in [3.05, 3.63) is 12.7 Å². The molecule has 0 spiro atoms. The van der Waals surface area contributed by atoms with E-state index in [1.807, 2.05) is 13.8 Å². The van der Waals surface area contributed by atoms with Gasteiger partial charge >= 0.3 is 5.97 Å². The van der Waals surface area contributed by atoms with Gasteiger partial charge in [-0.25, -0.2) is 4.79 Å². The van der Waals surface area contributed by atoms with E-state index in [0.29, 0.717) is 6.42 Å². The molecular formula is C23H34O9. The summed E-state index contributed by atoms with van der Waals surface area (Å²) in [4.78, 5) is 39.2. The number of aliphatic hydroxyl groups excluding tert-OH is 2. The number of rotatable bonds is 4. The second-order valence-electron chi connectivity index (χ2n) is 10.5. The Balaban J connectivity index is 2.33. The lowest BCUT2D eigenvalue weighted by atomic mass is 9.39. The molecule has 0 radical (unpaired) electrons. The largest absolute Gasteiger partial charge is 0.455 e. The third-order valence-corrected chi connectivity index (χ3v) is 8.25. The maximum Gasteiger partial charge on any atom is 0.332 e. The summed E-state index contributed by atoms with van der Waals surface area (Å²) in [5, 5.41) is 34.9. The zero-order chi connectivity index (χ0) is 24.5. The van der Waals surface area contributed by atoms with Crippen LogP contribution in [0.15, 0.2) is 12.7 Å². The lowest BCUT2D eigenvalue weighted by Crippen LogP contribution is -2.88. The van der Waals surface area contributed by atoms with E-state index in [2.05, 4.69) is 6.58 Å². The van der Waals surface area contributed by atoms with Crippen molar-refractivity contribution in [3.8, 4) is 0 Å². The summed E-state index contributed by atoms with van der Waals surface area (Å²) in [6.45, 7) is 11.0. The van der Waals surface area contributed by atoms with Gasteiger partial charge < -0.3 is 29.5 Å². The monoisotopic (exact) mass is 454 g/mol. The Bertz CT molecular complexity index is 852. The van der Waals surface area contributed by atoms with Gasteiger partial charge in [-0.2, -0.15) is 0 Å². The summed E-state index contributed by atoms with van der Waals surface area (Å²) in [6, 6.07) is 0. The minimum Gasteiger partial charge on any atom is -0.455 e. The van der Waals surface area contributed by atoms with E-state index in [0.717, 1.165) is 6.08 Å². The van der Waals surface area contributed by atoms with Gasteiger partial charge in [-0.3, -0.25) is 9.59 Å². The van der Waals surface area contributed by atoms with E-state index in [1.165, 1.54) is 27.9 Å². The zero-order valence-corrected chi connectivity index (χ0v) is 19.5. The molecule has 0 bridgehead atoms. The van der Waals surface area contributed by atoms with Crippen LogP contribution in [0.3, 0.4) is 0 Å². The third-order valence-electron chi connectivity index (χ3n) is 8.25. The number of ether oxygens (including phenoxy) is 3. The number of aliphatic hydroxyl groups is 3. The van der Waals surface area contributed by atoms with Crippen LogP contribution in [-0.2, 0) is 28.6 Å². The van der Waals surface area contributed by atoms with Crippen LogP contribution < -0.4 is 0 Å². The summed E-state index contributed by atoms with van der Waals surface area (Å²) in [6.07, 6.45) is -2.35. The fraction of sp³-hybridized carbons (Fsp3) is 0.783. The van der Waals surface area contributed by atoms with Gasteiger partial charge in [0, 0.05) is 18.4 Å². The molecule has 2 aliphatic carbocycles. The van der Waals surface area contributed by atoms with E-state index in [9.17, 15) is 29.7 Å². The van der Waals surface area contributed by atoms with E-state index in [1.54, 1.807) is 0 Å². The number of ketones is 2. The molecule has 0 unspecified atom stereocenters. The van der Waals surface area contributed by atoms with Crippen LogP contribution in [0.1, 0.15) is 47.5 Å². The second-order valence-corrected chi connectivity index (χ2v) is 10.5. The highest BCUT2D eigenvalue weighted by Gasteiger charge is 2.83. The molecule has 3 aliphatic rings. The summed E-state index contributed by atoms with van der Waals surface area (Å²) in [5.41, 5.74) is -8.87. The molecule has 0 aromatic rings. The maximum absolute atomic E-state index is 13.7. The Labute approximate surface area is 187 Å². The molecule has 9 nitrogen and oxygen atoms in total. The number of hydrogen-bond acceptors (Lipinski definition) is 9. The maximum atomic E-state index is 13.7. The molecule has 0 aromatic carbocycles. The Kier molecular flexibility index (Phi) is 5.80. The minimum atomic E-state index is -2.60. The van der Waals surface area contributed by atoms with Crippen molar-refractivity contribution >= 4 is 17.5 Å². The SMILES string of the molecule is C=C[C@]1(C)O[C@]2(C)[C@@H](OC(=O)COC)[C@@H](O)[C@H]3C(C)(C)CC[C@H](O)[C@]3(C)[C@@]2(O)C(=O)C1=O. The van der Waals surface area contributed by atoms with Crippen LogP contribution in [-0.4, -0.2) is 81.7 Å². The first-order valence-electron chi connectivity index (χ1n) is 10.8. The number of esters is 1. The second kappa shape index (κ2) is 7.43. The van der Waals surface area contributed by atoms with Gasteiger partial charge in [-0.1, -0.05) is 33.4 Å². The van der Waals surface area contributed by atoms with Crippen LogP contribution in [0.5, 0.6) is 0 Å². The first-order valence-corrected chi connectivity index (χ1v) is 10.8. The standard InChI is InChI=1S/C23H34O9/c1-8-20(4)16(27)17(28)23(29)21(5)12(24)9-10-19(2,3)15(21)14(26)18(22(23,6)32-20)31-13(25)11-30-7/h8,12,14-15,18,24,26,29H,1,9-11H2,2-7H3/t12-,14-,15-,18-,20-,21-,22+,23-/m0/s1. The predicted octanol–water partition coefficient (Wildman–Crippen LogP) is 0.325. The Morgan fingerprint density at radius 1 is 1.19 bits per heavy atom. The molecule has 180 valence electrons. The fourth-order valence-corrected chi connectivity index (χ4v) is 6.60. The van der Waals surface area contributed by atoms with Crippen LogP contribution in [0.2, 0.25) is 0 Å². The van der Waals surface area contributed by atoms with E-state index in [4.69, 9.17) is 14.2 Å². The summed E-state index contributed by atoms with van der Waals surface area (Å²) in [7, 11) is 1.29. The molecular weight excluding hydrogens is 420 g/mol. The first-order chi connectivity index (χ1) is 14.6. The fourth-order valence-electron chi connectivity index (χ4n) is 6.60. The van der Waals surface area contributed by atoms with Crippen LogP contribution in [0.25, 0.3) is 0 Å². The molecule has 0 aromatic heterocycles. The molecule has 2 saturated carbocycles. The smallest absolute Gasteiger partial charge is 0.332 e. The van der Waals surface area contributed by atoms with Gasteiger partial charge in [0.1, 0.15) is 12.2 Å². The van der Waals surface area contributed by atoms with E-state index < -0.39 is 76.0 Å². The van der Waals surface area contributed by atoms with Gasteiger partial charge in [0.25, 0.3) is 0 Å². The summed E-state index contributed by atoms with van der Waals surface area (Å²) >= 11 is 0. The topological polar surface area (TPSA) is 140 Å². The van der Waals surface area contributed by atoms with Crippen molar-refractivity contribution in [2.24, 2.45) is 16.7 Å². The highest BCUT2D eigenvalue weighted by atomic mass is 16.6. The van der Waals surface area contributed by atoms with Gasteiger partial charge in [0.05, 0.1) is 12.2 Å². The predicted molar refractivity (Wildman–Crippen MR) is 111 cm³/mol. The molecule has 1 heterocycles. The number of fused-ring (bicyclic) bond motifs is 3. The van der Waals surface area contributed by atoms with E-state index in [-0.39, 0.29) is 6.42 Å². The van der Waals surface area contributed by atoms with Gasteiger partial charge in [0.15, 0.2) is 17.3 Å². The quantitative estimate of drug-likeness (QED) is 0.311. The summed E-state index contributed by atoms with van der Waals surface area (Å²) in [5.74, 6) is -3.95. The van der Waals surface area contributed by atoms with E-state index >= 15 is 0 Å². The van der Waals surface area contributed by atoms with Crippen molar-refractivity contribution in [1.29, 1.82) is 0 Å². The molecule has 1 saturated heterocycles. The minimum absolute atomic E-state index is 0.236. The Morgan fingerprint density at radius 2 is 1.78 bits per heavy atom. The van der Waals surface area contributed by atoms with Crippen molar-refractivity contribution < 1.29 is 43.9 Å².